The van der Waals surface area contributed by atoms with Gasteiger partial charge in [-0.05, 0) is 76.6 Å². The van der Waals surface area contributed by atoms with Gasteiger partial charge in [-0.2, -0.15) is 4.31 Å². The molecule has 1 aromatic rings. The van der Waals surface area contributed by atoms with Crippen molar-refractivity contribution >= 4 is 33.0 Å². The van der Waals surface area contributed by atoms with Crippen LogP contribution in [0, 0.1) is 6.92 Å². The summed E-state index contributed by atoms with van der Waals surface area (Å²) in [7, 11) is -3.50. The Morgan fingerprint density at radius 1 is 1.17 bits per heavy atom. The first kappa shape index (κ1) is 24.1. The van der Waals surface area contributed by atoms with Gasteiger partial charge in [0.15, 0.2) is 5.11 Å². The van der Waals surface area contributed by atoms with Crippen LogP contribution in [0.4, 0.5) is 5.69 Å². The number of hydrogen-bond donors (Lipinski definition) is 2. The zero-order valence-electron chi connectivity index (χ0n) is 18.4. The maximum atomic E-state index is 12.8. The molecule has 164 valence electrons. The predicted molar refractivity (Wildman–Crippen MR) is 125 cm³/mol. The van der Waals surface area contributed by atoms with Crippen molar-refractivity contribution in [3.8, 4) is 0 Å². The summed E-state index contributed by atoms with van der Waals surface area (Å²) in [5.74, 6) is 0. The molecule has 0 atom stereocenters. The van der Waals surface area contributed by atoms with E-state index in [2.05, 4.69) is 29.4 Å². The molecule has 0 radical (unpaired) electrons. The zero-order chi connectivity index (χ0) is 21.7. The standard InChI is InChI=1S/C21H36N4O2S2/c1-6-25(7-2)29(26,27)18-12-11-17(3)19(15-18)23-20(28)22-16-21(4,5)24-13-9-8-10-14-24/h11-12,15H,6-10,13-14,16H2,1-5H3,(H2,22,23,28). The van der Waals surface area contributed by atoms with E-state index < -0.39 is 10.0 Å². The SMILES string of the molecule is CCN(CC)S(=O)(=O)c1ccc(C)c(NC(=S)NCC(C)(C)N2CCCCC2)c1. The molecule has 1 aliphatic rings. The van der Waals surface area contributed by atoms with E-state index in [9.17, 15) is 8.42 Å². The normalized spacial score (nSPS) is 16.1. The number of nitrogens with one attached hydrogen (secondary N) is 2. The first-order valence-corrected chi connectivity index (χ1v) is 12.4. The summed E-state index contributed by atoms with van der Waals surface area (Å²) in [6.45, 7) is 14.0. The van der Waals surface area contributed by atoms with Crippen LogP contribution in [0.5, 0.6) is 0 Å². The van der Waals surface area contributed by atoms with E-state index in [-0.39, 0.29) is 10.4 Å². The largest absolute Gasteiger partial charge is 0.361 e. The molecule has 0 unspecified atom stereocenters. The number of aryl methyl sites for hydroxylation is 1. The average Bonchev–Trinajstić information content (AvgIpc) is 2.69. The molecule has 8 heteroatoms. The topological polar surface area (TPSA) is 64.7 Å². The third kappa shape index (κ3) is 6.13. The molecular formula is C21H36N4O2S2. The molecule has 1 aliphatic heterocycles. The predicted octanol–water partition coefficient (Wildman–Crippen LogP) is 3.58. The molecule has 0 aromatic heterocycles. The molecule has 0 bridgehead atoms. The van der Waals surface area contributed by atoms with Gasteiger partial charge in [0, 0.05) is 30.9 Å². The summed E-state index contributed by atoms with van der Waals surface area (Å²) in [6, 6.07) is 5.15. The van der Waals surface area contributed by atoms with Crippen LogP contribution in [0.2, 0.25) is 0 Å². The average molecular weight is 441 g/mol. The van der Waals surface area contributed by atoms with Gasteiger partial charge in [0.05, 0.1) is 4.90 Å². The van der Waals surface area contributed by atoms with Gasteiger partial charge in [-0.1, -0.05) is 26.3 Å². The fourth-order valence-corrected chi connectivity index (χ4v) is 5.35. The van der Waals surface area contributed by atoms with E-state index in [1.807, 2.05) is 26.8 Å². The fraction of sp³-hybridized carbons (Fsp3) is 0.667. The van der Waals surface area contributed by atoms with Crippen LogP contribution >= 0.6 is 12.2 Å². The Balaban J connectivity index is 2.06. The maximum Gasteiger partial charge on any atom is 0.243 e. The molecule has 1 heterocycles. The Kier molecular flexibility index (Phi) is 8.46. The smallest absolute Gasteiger partial charge is 0.243 e. The van der Waals surface area contributed by atoms with Crippen molar-refractivity contribution in [2.24, 2.45) is 0 Å². The first-order chi connectivity index (χ1) is 13.6. The maximum absolute atomic E-state index is 12.8. The highest BCUT2D eigenvalue weighted by Crippen LogP contribution is 2.23. The van der Waals surface area contributed by atoms with E-state index >= 15 is 0 Å². The third-order valence-corrected chi connectivity index (χ3v) is 7.99. The molecule has 0 saturated carbocycles. The first-order valence-electron chi connectivity index (χ1n) is 10.5. The highest BCUT2D eigenvalue weighted by atomic mass is 32.2. The van der Waals surface area contributed by atoms with Gasteiger partial charge in [-0.3, -0.25) is 4.90 Å². The highest BCUT2D eigenvalue weighted by molar-refractivity contribution is 7.89. The molecule has 1 saturated heterocycles. The van der Waals surface area contributed by atoms with Crippen molar-refractivity contribution in [1.82, 2.24) is 14.5 Å². The number of nitrogens with zero attached hydrogens (tertiary/aromatic N) is 2. The molecular weight excluding hydrogens is 404 g/mol. The minimum Gasteiger partial charge on any atom is -0.361 e. The lowest BCUT2D eigenvalue weighted by Crippen LogP contribution is -2.53. The summed E-state index contributed by atoms with van der Waals surface area (Å²) in [4.78, 5) is 2.79. The summed E-state index contributed by atoms with van der Waals surface area (Å²) in [5.41, 5.74) is 1.67. The van der Waals surface area contributed by atoms with Crippen molar-refractivity contribution in [2.45, 2.75) is 64.3 Å². The van der Waals surface area contributed by atoms with E-state index in [0.29, 0.717) is 23.9 Å². The second-order valence-electron chi connectivity index (χ2n) is 8.23. The molecule has 1 aromatic carbocycles. The number of thiocarbonyl (C=S) groups is 1. The van der Waals surface area contributed by atoms with Gasteiger partial charge < -0.3 is 10.6 Å². The Morgan fingerprint density at radius 3 is 2.38 bits per heavy atom. The van der Waals surface area contributed by atoms with Gasteiger partial charge in [-0.25, -0.2) is 8.42 Å². The molecule has 2 N–H and O–H groups in total. The molecule has 2 rings (SSSR count). The summed E-state index contributed by atoms with van der Waals surface area (Å²) in [5, 5.41) is 7.02. The Hall–Kier alpha value is -1.22. The number of anilines is 1. The molecule has 0 spiro atoms. The quantitative estimate of drug-likeness (QED) is 0.603. The third-order valence-electron chi connectivity index (χ3n) is 5.69. The van der Waals surface area contributed by atoms with Crippen molar-refractivity contribution in [3.63, 3.8) is 0 Å². The summed E-state index contributed by atoms with van der Waals surface area (Å²) < 4.78 is 27.1. The summed E-state index contributed by atoms with van der Waals surface area (Å²) >= 11 is 5.50. The number of benzene rings is 1. The summed E-state index contributed by atoms with van der Waals surface area (Å²) in [6.07, 6.45) is 3.81. The second-order valence-corrected chi connectivity index (χ2v) is 10.6. The molecule has 6 nitrogen and oxygen atoms in total. The van der Waals surface area contributed by atoms with Crippen LogP contribution in [-0.4, -0.2) is 61.0 Å². The highest BCUT2D eigenvalue weighted by Gasteiger charge is 2.28. The van der Waals surface area contributed by atoms with Gasteiger partial charge in [-0.15, -0.1) is 0 Å². The van der Waals surface area contributed by atoms with Gasteiger partial charge in [0.1, 0.15) is 0 Å². The van der Waals surface area contributed by atoms with Crippen LogP contribution < -0.4 is 10.6 Å². The lowest BCUT2D eigenvalue weighted by Gasteiger charge is -2.41. The van der Waals surface area contributed by atoms with Gasteiger partial charge in [0.2, 0.25) is 10.0 Å². The zero-order valence-corrected chi connectivity index (χ0v) is 20.0. The number of piperidine rings is 1. The molecule has 0 amide bonds. The van der Waals surface area contributed by atoms with Crippen molar-refractivity contribution in [3.05, 3.63) is 23.8 Å². The number of likely N-dealkylation sites (tertiary alicyclic amines) is 1. The Morgan fingerprint density at radius 2 is 1.79 bits per heavy atom. The Labute approximate surface area is 182 Å². The number of hydrogen-bond acceptors (Lipinski definition) is 4. The van der Waals surface area contributed by atoms with Crippen molar-refractivity contribution < 1.29 is 8.42 Å². The fourth-order valence-electron chi connectivity index (χ4n) is 3.68. The van der Waals surface area contributed by atoms with Crippen LogP contribution in [-0.2, 0) is 10.0 Å². The van der Waals surface area contributed by atoms with Crippen molar-refractivity contribution in [1.29, 1.82) is 0 Å². The van der Waals surface area contributed by atoms with E-state index in [1.165, 1.54) is 23.6 Å². The van der Waals surface area contributed by atoms with Crippen molar-refractivity contribution in [2.75, 3.05) is 38.0 Å². The lowest BCUT2D eigenvalue weighted by molar-refractivity contribution is 0.0986. The van der Waals surface area contributed by atoms with Gasteiger partial charge >= 0.3 is 0 Å². The van der Waals surface area contributed by atoms with Crippen LogP contribution in [0.3, 0.4) is 0 Å². The van der Waals surface area contributed by atoms with Crippen LogP contribution in [0.25, 0.3) is 0 Å². The monoisotopic (exact) mass is 440 g/mol. The minimum absolute atomic E-state index is 0.00907. The molecule has 1 fully saturated rings. The molecule has 29 heavy (non-hydrogen) atoms. The Bertz CT molecular complexity index is 799. The van der Waals surface area contributed by atoms with Gasteiger partial charge in [0.25, 0.3) is 0 Å². The lowest BCUT2D eigenvalue weighted by atomic mass is 9.98. The number of sulfonamides is 1. The van der Waals surface area contributed by atoms with Crippen LogP contribution in [0.1, 0.15) is 52.5 Å². The minimum atomic E-state index is -3.50. The van der Waals surface area contributed by atoms with E-state index in [4.69, 9.17) is 12.2 Å². The van der Waals surface area contributed by atoms with E-state index in [1.54, 1.807) is 12.1 Å². The van der Waals surface area contributed by atoms with Crippen LogP contribution in [0.15, 0.2) is 23.1 Å². The van der Waals surface area contributed by atoms with E-state index in [0.717, 1.165) is 25.2 Å². The second kappa shape index (κ2) is 10.2. The molecule has 0 aliphatic carbocycles. The number of rotatable bonds is 8.